The van der Waals surface area contributed by atoms with Gasteiger partial charge in [0.1, 0.15) is 10.6 Å². The topological polar surface area (TPSA) is 86.7 Å². The van der Waals surface area contributed by atoms with Gasteiger partial charge < -0.3 is 10.2 Å². The third kappa shape index (κ3) is 3.06. The van der Waals surface area contributed by atoms with Gasteiger partial charge in [-0.05, 0) is 48.7 Å². The molecule has 1 unspecified atom stereocenters. The largest absolute Gasteiger partial charge is 1.00 e. The molecule has 3 aromatic rings. The summed E-state index contributed by atoms with van der Waals surface area (Å²) in [5.74, 6) is -0.0287. The van der Waals surface area contributed by atoms with Gasteiger partial charge in [-0.15, -0.1) is 5.75 Å². The third-order valence-electron chi connectivity index (χ3n) is 4.96. The summed E-state index contributed by atoms with van der Waals surface area (Å²) in [6, 6.07) is 16.1. The van der Waals surface area contributed by atoms with Gasteiger partial charge in [0, 0.05) is 5.56 Å². The van der Waals surface area contributed by atoms with E-state index in [1.165, 1.54) is 18.2 Å². The summed E-state index contributed by atoms with van der Waals surface area (Å²) in [6.45, 7) is 3.41. The maximum atomic E-state index is 12.8. The molecule has 0 saturated heterocycles. The Morgan fingerprint density at radius 3 is 2.18 bits per heavy atom. The molecule has 1 N–H and O–H groups in total. The molecule has 0 fully saturated rings. The molecule has 1 heterocycles. The Kier molecular flexibility index (Phi) is 5.38. The van der Waals surface area contributed by atoms with Gasteiger partial charge >= 0.3 is 29.6 Å². The first-order valence-electron chi connectivity index (χ1n) is 8.39. The Bertz CT molecular complexity index is 1120. The normalized spacial score (nSPS) is 19.6. The van der Waals surface area contributed by atoms with Gasteiger partial charge in [-0.3, -0.25) is 0 Å². The quantitative estimate of drug-likeness (QED) is 0.484. The van der Waals surface area contributed by atoms with Crippen LogP contribution in [0.25, 0.3) is 0 Å². The maximum absolute atomic E-state index is 12.8. The number of hydrogen-bond donors (Lipinski definition) is 1. The molecule has 0 aromatic heterocycles. The minimum atomic E-state index is -4.00. The van der Waals surface area contributed by atoms with E-state index >= 15 is 0 Å². The summed E-state index contributed by atoms with van der Waals surface area (Å²) < 4.78 is 31.3. The molecule has 1 atom stereocenters. The van der Waals surface area contributed by atoms with Crippen LogP contribution in [-0.4, -0.2) is 13.5 Å². The molecule has 5 nitrogen and oxygen atoms in total. The summed E-state index contributed by atoms with van der Waals surface area (Å²) in [7, 11) is -4.00. The molecule has 1 aliphatic rings. The Hall–Kier alpha value is -1.83. The molecule has 0 radical (unpaired) electrons. The van der Waals surface area contributed by atoms with E-state index < -0.39 is 15.7 Å². The molecule has 7 heteroatoms. The van der Waals surface area contributed by atoms with Crippen molar-refractivity contribution in [3.8, 4) is 11.5 Å². The summed E-state index contributed by atoms with van der Waals surface area (Å²) in [4.78, 5) is 0.0968. The van der Waals surface area contributed by atoms with Crippen molar-refractivity contribution < 1.29 is 52.4 Å². The Morgan fingerprint density at radius 2 is 1.54 bits per heavy atom. The third-order valence-corrected chi connectivity index (χ3v) is 6.32. The maximum Gasteiger partial charge on any atom is 1.00 e. The zero-order valence-electron chi connectivity index (χ0n) is 15.8. The van der Waals surface area contributed by atoms with Crippen molar-refractivity contribution >= 4 is 10.1 Å². The number of fused-ring (bicyclic) bond motifs is 1. The standard InChI is InChI=1S/C21H18O5S.Na/c1-13-11-15(7-9-18(13)22)21(16-8-10-19(23)14(2)12-16)17-5-3-4-6-20(17)27(24,25)26-21;/h3-12,22-23H,1-2H3;/q;+1/p-1. The zero-order valence-corrected chi connectivity index (χ0v) is 18.6. The van der Waals surface area contributed by atoms with Crippen molar-refractivity contribution in [1.82, 2.24) is 0 Å². The summed E-state index contributed by atoms with van der Waals surface area (Å²) in [5.41, 5.74) is 1.24. The van der Waals surface area contributed by atoms with E-state index in [0.717, 1.165) is 0 Å². The monoisotopic (exact) mass is 404 g/mol. The number of phenolic OH excluding ortho intramolecular Hbond substituents is 1. The Balaban J connectivity index is 0.00000225. The molecule has 3 aromatic carbocycles. The van der Waals surface area contributed by atoms with Gasteiger partial charge in [-0.2, -0.15) is 8.42 Å². The smallest absolute Gasteiger partial charge is 0.872 e. The van der Waals surface area contributed by atoms with E-state index in [1.54, 1.807) is 56.3 Å². The van der Waals surface area contributed by atoms with Crippen LogP contribution in [0.4, 0.5) is 0 Å². The molecular weight excluding hydrogens is 387 g/mol. The van der Waals surface area contributed by atoms with Crippen LogP contribution >= 0.6 is 0 Å². The molecule has 28 heavy (non-hydrogen) atoms. The second-order valence-electron chi connectivity index (χ2n) is 6.70. The van der Waals surface area contributed by atoms with Gasteiger partial charge in [0.05, 0.1) is 0 Å². The van der Waals surface area contributed by atoms with Crippen LogP contribution < -0.4 is 34.7 Å². The minimum Gasteiger partial charge on any atom is -0.872 e. The molecular formula is C21H17NaO5S. The van der Waals surface area contributed by atoms with Crippen LogP contribution in [0.15, 0.2) is 65.6 Å². The molecule has 1 aliphatic heterocycles. The Morgan fingerprint density at radius 1 is 0.929 bits per heavy atom. The van der Waals surface area contributed by atoms with Crippen LogP contribution in [0.2, 0.25) is 0 Å². The van der Waals surface area contributed by atoms with Crippen molar-refractivity contribution in [3.63, 3.8) is 0 Å². The van der Waals surface area contributed by atoms with Crippen molar-refractivity contribution in [2.75, 3.05) is 0 Å². The molecule has 0 aliphatic carbocycles. The molecule has 0 bridgehead atoms. The van der Waals surface area contributed by atoms with Crippen LogP contribution in [0.1, 0.15) is 27.8 Å². The number of phenols is 1. The first-order valence-corrected chi connectivity index (χ1v) is 9.80. The molecule has 0 amide bonds. The Labute approximate surface area is 186 Å². The predicted molar refractivity (Wildman–Crippen MR) is 98.1 cm³/mol. The first kappa shape index (κ1) is 20.9. The fourth-order valence-electron chi connectivity index (χ4n) is 3.55. The summed E-state index contributed by atoms with van der Waals surface area (Å²) in [6.07, 6.45) is 0. The summed E-state index contributed by atoms with van der Waals surface area (Å²) >= 11 is 0. The number of rotatable bonds is 2. The zero-order chi connectivity index (χ0) is 19.4. The van der Waals surface area contributed by atoms with Crippen LogP contribution in [0.3, 0.4) is 0 Å². The SMILES string of the molecule is Cc1cc(C2(c3ccc(O)c(C)c3)OS(=O)(=O)c3ccccc32)ccc1[O-].[Na+]. The predicted octanol–water partition coefficient (Wildman–Crippen LogP) is 0.0974. The second-order valence-corrected chi connectivity index (χ2v) is 8.21. The number of aromatic hydroxyl groups is 1. The van der Waals surface area contributed by atoms with Gasteiger partial charge in [0.25, 0.3) is 10.1 Å². The average Bonchev–Trinajstić information content (AvgIpc) is 2.89. The minimum absolute atomic E-state index is 0. The molecule has 138 valence electrons. The van der Waals surface area contributed by atoms with Crippen molar-refractivity contribution in [1.29, 1.82) is 0 Å². The summed E-state index contributed by atoms with van der Waals surface area (Å²) in [5, 5.41) is 21.8. The van der Waals surface area contributed by atoms with E-state index in [1.807, 2.05) is 0 Å². The first-order chi connectivity index (χ1) is 12.8. The van der Waals surface area contributed by atoms with Crippen LogP contribution in [0.5, 0.6) is 11.5 Å². The molecule has 0 spiro atoms. The van der Waals surface area contributed by atoms with Crippen molar-refractivity contribution in [2.24, 2.45) is 0 Å². The van der Waals surface area contributed by atoms with Gasteiger partial charge in [0.15, 0.2) is 5.60 Å². The number of aryl methyl sites for hydroxylation is 2. The van der Waals surface area contributed by atoms with E-state index in [9.17, 15) is 18.6 Å². The number of benzene rings is 3. The molecule has 0 saturated carbocycles. The molecule has 4 rings (SSSR count). The fourth-order valence-corrected chi connectivity index (χ4v) is 4.97. The van der Waals surface area contributed by atoms with Gasteiger partial charge in [-0.25, -0.2) is 4.18 Å². The van der Waals surface area contributed by atoms with E-state index in [0.29, 0.717) is 27.8 Å². The van der Waals surface area contributed by atoms with Gasteiger partial charge in [0.2, 0.25) is 0 Å². The van der Waals surface area contributed by atoms with E-state index in [-0.39, 0.29) is 46.0 Å². The van der Waals surface area contributed by atoms with Gasteiger partial charge in [-0.1, -0.05) is 48.0 Å². The average molecular weight is 404 g/mol. The van der Waals surface area contributed by atoms with E-state index in [4.69, 9.17) is 4.18 Å². The van der Waals surface area contributed by atoms with Crippen molar-refractivity contribution in [3.05, 3.63) is 88.5 Å². The van der Waals surface area contributed by atoms with Crippen LogP contribution in [-0.2, 0) is 19.9 Å². The second kappa shape index (κ2) is 7.21. The fraction of sp³-hybridized carbons (Fsp3) is 0.143. The van der Waals surface area contributed by atoms with E-state index in [2.05, 4.69) is 0 Å². The van der Waals surface area contributed by atoms with Crippen LogP contribution in [0, 0.1) is 13.8 Å². The van der Waals surface area contributed by atoms with Crippen molar-refractivity contribution in [2.45, 2.75) is 24.3 Å². The number of hydrogen-bond acceptors (Lipinski definition) is 5.